The summed E-state index contributed by atoms with van der Waals surface area (Å²) in [6.07, 6.45) is 3.53. The molecule has 0 spiro atoms. The van der Waals surface area contributed by atoms with E-state index in [0.29, 0.717) is 11.1 Å². The maximum absolute atomic E-state index is 12.1. The molecule has 1 N–H and O–H groups in total. The molecular weight excluding hydrogens is 276 g/mol. The van der Waals surface area contributed by atoms with Gasteiger partial charge in [-0.15, -0.1) is 0 Å². The summed E-state index contributed by atoms with van der Waals surface area (Å²) in [5.74, 6) is -2.13. The van der Waals surface area contributed by atoms with E-state index in [2.05, 4.69) is 0 Å². The van der Waals surface area contributed by atoms with E-state index in [9.17, 15) is 9.90 Å². The molecule has 2 aromatic rings. The number of carbonyl (C=O) groups excluding carboxylic acids is 1. The second-order valence-electron chi connectivity index (χ2n) is 5.27. The van der Waals surface area contributed by atoms with Crippen LogP contribution in [0.15, 0.2) is 72.3 Å². The van der Waals surface area contributed by atoms with Crippen molar-refractivity contribution in [2.24, 2.45) is 0 Å². The van der Waals surface area contributed by atoms with Gasteiger partial charge in [-0.1, -0.05) is 66.7 Å². The summed E-state index contributed by atoms with van der Waals surface area (Å²) >= 11 is 0. The minimum Gasteiger partial charge on any atom is -0.425 e. The fraction of sp³-hybridized carbons (Fsp3) is 0.105. The molecule has 2 aromatic carbocycles. The molecule has 22 heavy (non-hydrogen) atoms. The Bertz CT molecular complexity index is 741. The first-order chi connectivity index (χ1) is 10.6. The Balaban J connectivity index is 2.08. The molecule has 0 radical (unpaired) electrons. The lowest BCUT2D eigenvalue weighted by Gasteiger charge is -2.19. The number of esters is 1. The summed E-state index contributed by atoms with van der Waals surface area (Å²) in [6, 6.07) is 19.0. The van der Waals surface area contributed by atoms with Crippen LogP contribution in [0.4, 0.5) is 0 Å². The van der Waals surface area contributed by atoms with Crippen LogP contribution >= 0.6 is 0 Å². The molecule has 1 unspecified atom stereocenters. The summed E-state index contributed by atoms with van der Waals surface area (Å²) in [6.45, 7) is 1.48. The van der Waals surface area contributed by atoms with E-state index in [4.69, 9.17) is 4.74 Å². The molecule has 1 heterocycles. The molecule has 110 valence electrons. The number of carbonyl (C=O) groups is 1. The smallest absolute Gasteiger partial charge is 0.341 e. The van der Waals surface area contributed by atoms with Crippen LogP contribution in [0.5, 0.6) is 0 Å². The van der Waals surface area contributed by atoms with Crippen LogP contribution in [0.2, 0.25) is 0 Å². The molecule has 0 amide bonds. The van der Waals surface area contributed by atoms with Gasteiger partial charge in [0, 0.05) is 12.5 Å². The molecule has 3 nitrogen and oxygen atoms in total. The summed E-state index contributed by atoms with van der Waals surface area (Å²) in [4.78, 5) is 12.1. The Labute approximate surface area is 129 Å². The molecule has 0 aromatic heterocycles. The normalized spacial score (nSPS) is 21.5. The van der Waals surface area contributed by atoms with Gasteiger partial charge in [0.1, 0.15) is 0 Å². The zero-order valence-electron chi connectivity index (χ0n) is 12.2. The SMILES string of the molecule is CC1(O)OC(=O)C(/C=C/c2ccccc2)=C1c1ccccc1. The molecule has 1 aliphatic heterocycles. The van der Waals surface area contributed by atoms with Gasteiger partial charge in [0.05, 0.1) is 5.57 Å². The highest BCUT2D eigenvalue weighted by molar-refractivity contribution is 6.06. The molecule has 0 bridgehead atoms. The Morgan fingerprint density at radius 1 is 0.955 bits per heavy atom. The Morgan fingerprint density at radius 2 is 1.55 bits per heavy atom. The van der Waals surface area contributed by atoms with E-state index >= 15 is 0 Å². The van der Waals surface area contributed by atoms with E-state index in [0.717, 1.165) is 11.1 Å². The number of benzene rings is 2. The van der Waals surface area contributed by atoms with Crippen molar-refractivity contribution in [3.8, 4) is 0 Å². The zero-order valence-corrected chi connectivity index (χ0v) is 12.2. The van der Waals surface area contributed by atoms with Gasteiger partial charge in [-0.2, -0.15) is 0 Å². The monoisotopic (exact) mass is 292 g/mol. The average Bonchev–Trinajstić information content (AvgIpc) is 2.75. The fourth-order valence-corrected chi connectivity index (χ4v) is 2.56. The first-order valence-corrected chi connectivity index (χ1v) is 7.07. The van der Waals surface area contributed by atoms with Crippen LogP contribution < -0.4 is 0 Å². The van der Waals surface area contributed by atoms with Crippen LogP contribution in [-0.4, -0.2) is 16.9 Å². The molecule has 1 aliphatic rings. The largest absolute Gasteiger partial charge is 0.425 e. The second-order valence-corrected chi connectivity index (χ2v) is 5.27. The number of rotatable bonds is 3. The van der Waals surface area contributed by atoms with Crippen LogP contribution in [0.1, 0.15) is 18.1 Å². The van der Waals surface area contributed by atoms with Gasteiger partial charge in [-0.05, 0) is 17.2 Å². The average molecular weight is 292 g/mol. The number of ether oxygens (including phenoxy) is 1. The highest BCUT2D eigenvalue weighted by Crippen LogP contribution is 2.38. The van der Waals surface area contributed by atoms with Gasteiger partial charge < -0.3 is 9.84 Å². The lowest BCUT2D eigenvalue weighted by molar-refractivity contribution is -0.170. The predicted octanol–water partition coefficient (Wildman–Crippen LogP) is 3.42. The standard InChI is InChI=1S/C19H16O3/c1-19(21)17(15-10-6-3-7-11-15)16(18(20)22-19)13-12-14-8-4-2-5-9-14/h2-13,21H,1H3/b13-12+. The zero-order chi connectivity index (χ0) is 15.6. The number of cyclic esters (lactones) is 1. The molecule has 0 aliphatic carbocycles. The first-order valence-electron chi connectivity index (χ1n) is 7.07. The molecular formula is C19H16O3. The van der Waals surface area contributed by atoms with Gasteiger partial charge in [0.15, 0.2) is 0 Å². The molecule has 3 heteroatoms. The summed E-state index contributed by atoms with van der Waals surface area (Å²) in [7, 11) is 0. The van der Waals surface area contributed by atoms with E-state index in [-0.39, 0.29) is 0 Å². The molecule has 0 saturated carbocycles. The number of hydrogen-bond acceptors (Lipinski definition) is 3. The predicted molar refractivity (Wildman–Crippen MR) is 85.6 cm³/mol. The van der Waals surface area contributed by atoms with Crippen LogP contribution in [0, 0.1) is 0 Å². The van der Waals surface area contributed by atoms with Gasteiger partial charge in [0.25, 0.3) is 0 Å². The van der Waals surface area contributed by atoms with Crippen molar-refractivity contribution in [1.29, 1.82) is 0 Å². The van der Waals surface area contributed by atoms with Gasteiger partial charge >= 0.3 is 5.97 Å². The van der Waals surface area contributed by atoms with Crippen molar-refractivity contribution < 1.29 is 14.6 Å². The Morgan fingerprint density at radius 3 is 2.18 bits per heavy atom. The fourth-order valence-electron chi connectivity index (χ4n) is 2.56. The van der Waals surface area contributed by atoms with E-state index in [1.165, 1.54) is 6.92 Å². The van der Waals surface area contributed by atoms with E-state index in [1.54, 1.807) is 6.08 Å². The lowest BCUT2D eigenvalue weighted by Crippen LogP contribution is -2.26. The summed E-state index contributed by atoms with van der Waals surface area (Å²) < 4.78 is 5.11. The third-order valence-electron chi connectivity index (χ3n) is 3.55. The quantitative estimate of drug-likeness (QED) is 0.882. The third-order valence-corrected chi connectivity index (χ3v) is 3.55. The van der Waals surface area contributed by atoms with Crippen molar-refractivity contribution in [1.82, 2.24) is 0 Å². The van der Waals surface area contributed by atoms with Crippen LogP contribution in [-0.2, 0) is 9.53 Å². The van der Waals surface area contributed by atoms with Gasteiger partial charge in [0.2, 0.25) is 5.79 Å². The van der Waals surface area contributed by atoms with Gasteiger partial charge in [-0.3, -0.25) is 0 Å². The highest BCUT2D eigenvalue weighted by atomic mass is 16.7. The van der Waals surface area contributed by atoms with Crippen LogP contribution in [0.3, 0.4) is 0 Å². The number of hydrogen-bond donors (Lipinski definition) is 1. The van der Waals surface area contributed by atoms with Crippen molar-refractivity contribution in [3.63, 3.8) is 0 Å². The maximum Gasteiger partial charge on any atom is 0.341 e. The van der Waals surface area contributed by atoms with E-state index < -0.39 is 11.8 Å². The third kappa shape index (κ3) is 2.71. The van der Waals surface area contributed by atoms with Crippen molar-refractivity contribution in [2.45, 2.75) is 12.7 Å². The van der Waals surface area contributed by atoms with Crippen LogP contribution in [0.25, 0.3) is 11.6 Å². The molecule has 3 rings (SSSR count). The summed E-state index contributed by atoms with van der Waals surface area (Å²) in [5, 5.41) is 10.4. The Hall–Kier alpha value is -2.65. The highest BCUT2D eigenvalue weighted by Gasteiger charge is 2.42. The van der Waals surface area contributed by atoms with Crippen molar-refractivity contribution >= 4 is 17.6 Å². The van der Waals surface area contributed by atoms with Crippen molar-refractivity contribution in [3.05, 3.63) is 83.4 Å². The van der Waals surface area contributed by atoms with Gasteiger partial charge in [-0.25, -0.2) is 4.79 Å². The minimum atomic E-state index is -1.62. The lowest BCUT2D eigenvalue weighted by atomic mass is 9.95. The topological polar surface area (TPSA) is 46.5 Å². The Kier molecular flexibility index (Phi) is 3.65. The maximum atomic E-state index is 12.1. The molecule has 0 fully saturated rings. The summed E-state index contributed by atoms with van der Waals surface area (Å²) in [5.41, 5.74) is 2.61. The second kappa shape index (κ2) is 5.62. The van der Waals surface area contributed by atoms with Crippen molar-refractivity contribution in [2.75, 3.05) is 0 Å². The minimum absolute atomic E-state index is 0.375. The first kappa shape index (κ1) is 14.3. The number of aliphatic hydroxyl groups is 1. The molecule has 0 saturated heterocycles. The van der Waals surface area contributed by atoms with E-state index in [1.807, 2.05) is 66.7 Å². The molecule has 1 atom stereocenters.